The Bertz CT molecular complexity index is 617. The van der Waals surface area contributed by atoms with E-state index in [-0.39, 0.29) is 12.3 Å². The second-order valence-electron chi connectivity index (χ2n) is 4.13. The van der Waals surface area contributed by atoms with Crippen LogP contribution in [0.4, 0.5) is 5.69 Å². The molecule has 0 aliphatic heterocycles. The number of rotatable bonds is 3. The molecule has 0 heterocycles. The van der Waals surface area contributed by atoms with Crippen LogP contribution in [-0.4, -0.2) is 16.6 Å². The third kappa shape index (κ3) is 2.07. The molecule has 0 aliphatic carbocycles. The summed E-state index contributed by atoms with van der Waals surface area (Å²) in [5.74, 6) is 0. The number of non-ortho nitro benzene ring substituents is 1. The van der Waals surface area contributed by atoms with Gasteiger partial charge >= 0.3 is 0 Å². The summed E-state index contributed by atoms with van der Waals surface area (Å²) in [5.41, 5.74) is 1.79. The van der Waals surface area contributed by atoms with Crippen LogP contribution in [0.1, 0.15) is 11.1 Å². The van der Waals surface area contributed by atoms with Crippen LogP contribution in [0.5, 0.6) is 0 Å². The molecule has 0 unspecified atom stereocenters. The summed E-state index contributed by atoms with van der Waals surface area (Å²) in [5, 5.41) is 21.5. The average molecular weight is 263 g/mol. The van der Waals surface area contributed by atoms with E-state index in [4.69, 9.17) is 5.11 Å². The zero-order chi connectivity index (χ0) is 13.3. The van der Waals surface area contributed by atoms with Gasteiger partial charge in [-0.15, -0.1) is 12.6 Å². The van der Waals surface area contributed by atoms with E-state index in [0.29, 0.717) is 16.7 Å². The molecule has 2 aromatic rings. The molecule has 2 aromatic carbocycles. The van der Waals surface area contributed by atoms with Gasteiger partial charge in [0, 0.05) is 23.0 Å². The quantitative estimate of drug-likeness (QED) is 0.508. The van der Waals surface area contributed by atoms with Crippen molar-refractivity contribution >= 4 is 29.1 Å². The molecule has 1 N–H and O–H groups in total. The summed E-state index contributed by atoms with van der Waals surface area (Å²) in [6, 6.07) is 6.83. The fourth-order valence-corrected chi connectivity index (χ4v) is 2.54. The Balaban J connectivity index is 2.92. The van der Waals surface area contributed by atoms with E-state index in [2.05, 4.69) is 12.6 Å². The van der Waals surface area contributed by atoms with Gasteiger partial charge in [0.2, 0.25) is 0 Å². The summed E-state index contributed by atoms with van der Waals surface area (Å²) >= 11 is 4.37. The van der Waals surface area contributed by atoms with Gasteiger partial charge in [-0.3, -0.25) is 10.1 Å². The van der Waals surface area contributed by atoms with Gasteiger partial charge < -0.3 is 5.11 Å². The number of thiol groups is 1. The van der Waals surface area contributed by atoms with Crippen molar-refractivity contribution in [3.05, 3.63) is 45.5 Å². The fourth-order valence-electron chi connectivity index (χ4n) is 2.18. The number of aliphatic hydroxyl groups excluding tert-OH is 1. The Hall–Kier alpha value is -1.59. The van der Waals surface area contributed by atoms with Gasteiger partial charge in [-0.05, 0) is 30.5 Å². The molecule has 0 spiro atoms. The number of aliphatic hydroxyl groups is 1. The summed E-state index contributed by atoms with van der Waals surface area (Å²) in [7, 11) is 0. The van der Waals surface area contributed by atoms with Gasteiger partial charge in [-0.1, -0.05) is 12.1 Å². The number of nitro benzene ring substituents is 1. The number of fused-ring (bicyclic) bond motifs is 1. The first-order chi connectivity index (χ1) is 8.56. The van der Waals surface area contributed by atoms with Gasteiger partial charge in [0.15, 0.2) is 0 Å². The molecule has 0 saturated heterocycles. The molecule has 0 saturated carbocycles. The monoisotopic (exact) mass is 263 g/mol. The molecule has 0 atom stereocenters. The minimum absolute atomic E-state index is 0.0356. The average Bonchev–Trinajstić information content (AvgIpc) is 2.32. The van der Waals surface area contributed by atoms with Gasteiger partial charge in [0.05, 0.1) is 10.3 Å². The molecule has 18 heavy (non-hydrogen) atoms. The normalized spacial score (nSPS) is 10.8. The number of nitro groups is 1. The predicted molar refractivity (Wildman–Crippen MR) is 73.4 cm³/mol. The molecule has 0 bridgehead atoms. The Kier molecular flexibility index (Phi) is 3.54. The summed E-state index contributed by atoms with van der Waals surface area (Å²) in [4.78, 5) is 11.4. The highest BCUT2D eigenvalue weighted by molar-refractivity contribution is 7.80. The highest BCUT2D eigenvalue weighted by atomic mass is 32.1. The number of hydrogen-bond donors (Lipinski definition) is 2. The SMILES string of the molecule is Cc1ccc([N+](=O)[O-])c2c(CCO)ccc(S)c12. The van der Waals surface area contributed by atoms with Crippen molar-refractivity contribution in [2.45, 2.75) is 18.2 Å². The van der Waals surface area contributed by atoms with Crippen LogP contribution < -0.4 is 0 Å². The van der Waals surface area contributed by atoms with Crippen LogP contribution in [0, 0.1) is 17.0 Å². The van der Waals surface area contributed by atoms with E-state index < -0.39 is 4.92 Å². The van der Waals surface area contributed by atoms with Crippen molar-refractivity contribution < 1.29 is 10.0 Å². The third-order valence-electron chi connectivity index (χ3n) is 2.99. The Labute approximate surface area is 110 Å². The molecule has 2 rings (SSSR count). The highest BCUT2D eigenvalue weighted by Crippen LogP contribution is 2.35. The first-order valence-corrected chi connectivity index (χ1v) is 6.00. The standard InChI is InChI=1S/C13H13NO3S/c1-8-2-4-10(14(16)17)13-9(6-7-15)3-5-11(18)12(8)13/h2-5,15,18H,6-7H2,1H3. The van der Waals surface area contributed by atoms with Crippen LogP contribution in [-0.2, 0) is 6.42 Å². The molecule has 0 fully saturated rings. The van der Waals surface area contributed by atoms with Crippen molar-refractivity contribution in [1.29, 1.82) is 0 Å². The van der Waals surface area contributed by atoms with E-state index in [0.717, 1.165) is 16.5 Å². The van der Waals surface area contributed by atoms with Crippen molar-refractivity contribution in [3.8, 4) is 0 Å². The lowest BCUT2D eigenvalue weighted by atomic mass is 9.97. The van der Waals surface area contributed by atoms with Crippen molar-refractivity contribution in [2.24, 2.45) is 0 Å². The molecule has 0 radical (unpaired) electrons. The molecule has 0 amide bonds. The van der Waals surface area contributed by atoms with Crippen LogP contribution in [0.15, 0.2) is 29.2 Å². The van der Waals surface area contributed by atoms with Crippen molar-refractivity contribution in [3.63, 3.8) is 0 Å². The number of aryl methyl sites for hydroxylation is 1. The maximum atomic E-state index is 11.1. The van der Waals surface area contributed by atoms with Gasteiger partial charge in [0.1, 0.15) is 0 Å². The summed E-state index contributed by atoms with van der Waals surface area (Å²) < 4.78 is 0. The fraction of sp³-hybridized carbons (Fsp3) is 0.231. The van der Waals surface area contributed by atoms with Crippen LogP contribution >= 0.6 is 12.6 Å². The molecular weight excluding hydrogens is 250 g/mol. The van der Waals surface area contributed by atoms with E-state index in [1.165, 1.54) is 6.07 Å². The second-order valence-corrected chi connectivity index (χ2v) is 4.61. The van der Waals surface area contributed by atoms with Gasteiger partial charge in [-0.2, -0.15) is 0 Å². The zero-order valence-electron chi connectivity index (χ0n) is 9.88. The molecule has 94 valence electrons. The molecular formula is C13H13NO3S. The Morgan fingerprint density at radius 1 is 1.28 bits per heavy atom. The second kappa shape index (κ2) is 4.96. The van der Waals surface area contributed by atoms with Gasteiger partial charge in [-0.25, -0.2) is 0 Å². The number of hydrogen-bond acceptors (Lipinski definition) is 4. The third-order valence-corrected chi connectivity index (χ3v) is 3.36. The first-order valence-electron chi connectivity index (χ1n) is 5.55. The van der Waals surface area contributed by atoms with Crippen LogP contribution in [0.2, 0.25) is 0 Å². The molecule has 5 heteroatoms. The number of nitrogens with zero attached hydrogens (tertiary/aromatic N) is 1. The van der Waals surface area contributed by atoms with E-state index in [1.807, 2.05) is 13.0 Å². The summed E-state index contributed by atoms with van der Waals surface area (Å²) in [6.45, 7) is 1.86. The highest BCUT2D eigenvalue weighted by Gasteiger charge is 2.17. The zero-order valence-corrected chi connectivity index (χ0v) is 10.8. The molecule has 0 aromatic heterocycles. The smallest absolute Gasteiger partial charge is 0.277 e. The lowest BCUT2D eigenvalue weighted by Gasteiger charge is -2.10. The maximum absolute atomic E-state index is 11.1. The first kappa shape index (κ1) is 12.9. The number of benzene rings is 2. The van der Waals surface area contributed by atoms with E-state index >= 15 is 0 Å². The lowest BCUT2D eigenvalue weighted by Crippen LogP contribution is -1.98. The minimum Gasteiger partial charge on any atom is -0.396 e. The summed E-state index contributed by atoms with van der Waals surface area (Å²) in [6.07, 6.45) is 0.398. The van der Waals surface area contributed by atoms with Crippen LogP contribution in [0.3, 0.4) is 0 Å². The largest absolute Gasteiger partial charge is 0.396 e. The Morgan fingerprint density at radius 3 is 2.61 bits per heavy atom. The van der Waals surface area contributed by atoms with Crippen molar-refractivity contribution in [1.82, 2.24) is 0 Å². The van der Waals surface area contributed by atoms with Crippen molar-refractivity contribution in [2.75, 3.05) is 6.61 Å². The maximum Gasteiger partial charge on any atom is 0.277 e. The molecule has 0 aliphatic rings. The van der Waals surface area contributed by atoms with Gasteiger partial charge in [0.25, 0.3) is 5.69 Å². The Morgan fingerprint density at radius 2 is 2.00 bits per heavy atom. The van der Waals surface area contributed by atoms with Crippen LogP contribution in [0.25, 0.3) is 10.8 Å². The topological polar surface area (TPSA) is 63.4 Å². The molecule has 4 nitrogen and oxygen atoms in total. The van der Waals surface area contributed by atoms with E-state index in [1.54, 1.807) is 12.1 Å². The van der Waals surface area contributed by atoms with E-state index in [9.17, 15) is 10.1 Å². The minimum atomic E-state index is -0.393. The lowest BCUT2D eigenvalue weighted by molar-refractivity contribution is -0.383. The predicted octanol–water partition coefficient (Wildman–Crippen LogP) is 2.88.